The molecule has 2 aromatic carbocycles. The number of hydrogen-bond donors (Lipinski definition) is 1. The van der Waals surface area contributed by atoms with Gasteiger partial charge in [-0.15, -0.1) is 0 Å². The van der Waals surface area contributed by atoms with Crippen LogP contribution >= 0.6 is 11.8 Å². The van der Waals surface area contributed by atoms with Gasteiger partial charge in [-0.3, -0.25) is 4.79 Å². The van der Waals surface area contributed by atoms with Crippen molar-refractivity contribution in [3.05, 3.63) is 71.9 Å². The summed E-state index contributed by atoms with van der Waals surface area (Å²) in [4.78, 5) is 20.3. The molecular formula is C22H20F3N3O2S. The maximum absolute atomic E-state index is 13.3. The van der Waals surface area contributed by atoms with E-state index in [-0.39, 0.29) is 23.3 Å². The standard InChI is InChI=1S/C22H20F3N3O2S/c1-14(20(29)26-13-15-8-10-17(30-2)11-9-15)31-21-27-18(16-6-4-3-5-7-16)12-19(28-21)22(23,24)25/h3-12,14H,13H2,1-2H3,(H,26,29)/t14-/m1/s1. The molecule has 0 fully saturated rings. The lowest BCUT2D eigenvalue weighted by Crippen LogP contribution is -2.30. The predicted octanol–water partition coefficient (Wildman–Crippen LogP) is 4.97. The number of carbonyl (C=O) groups excluding carboxylic acids is 1. The van der Waals surface area contributed by atoms with Crippen molar-refractivity contribution in [1.29, 1.82) is 0 Å². The Balaban J connectivity index is 1.73. The second-order valence-electron chi connectivity index (χ2n) is 6.61. The zero-order chi connectivity index (χ0) is 22.4. The van der Waals surface area contributed by atoms with Crippen molar-refractivity contribution in [3.8, 4) is 17.0 Å². The van der Waals surface area contributed by atoms with Crippen LogP contribution in [0.2, 0.25) is 0 Å². The van der Waals surface area contributed by atoms with Gasteiger partial charge < -0.3 is 10.1 Å². The fourth-order valence-electron chi connectivity index (χ4n) is 2.67. The molecule has 0 radical (unpaired) electrons. The monoisotopic (exact) mass is 447 g/mol. The van der Waals surface area contributed by atoms with Gasteiger partial charge in [0.1, 0.15) is 11.4 Å². The molecule has 0 aliphatic carbocycles. The summed E-state index contributed by atoms with van der Waals surface area (Å²) in [6.45, 7) is 1.88. The Hall–Kier alpha value is -3.07. The van der Waals surface area contributed by atoms with Crippen molar-refractivity contribution in [1.82, 2.24) is 15.3 Å². The lowest BCUT2D eigenvalue weighted by Gasteiger charge is -2.14. The first kappa shape index (κ1) is 22.6. The van der Waals surface area contributed by atoms with E-state index in [4.69, 9.17) is 4.74 Å². The molecule has 0 unspecified atom stereocenters. The molecule has 1 amide bonds. The Morgan fingerprint density at radius 1 is 1.10 bits per heavy atom. The first-order valence-electron chi connectivity index (χ1n) is 9.35. The molecule has 1 heterocycles. The van der Waals surface area contributed by atoms with Crippen LogP contribution < -0.4 is 10.1 Å². The highest BCUT2D eigenvalue weighted by Crippen LogP contribution is 2.32. The van der Waals surface area contributed by atoms with Gasteiger partial charge in [-0.05, 0) is 30.7 Å². The van der Waals surface area contributed by atoms with E-state index >= 15 is 0 Å². The van der Waals surface area contributed by atoms with Gasteiger partial charge in [-0.25, -0.2) is 9.97 Å². The number of aromatic nitrogens is 2. The number of benzene rings is 2. The SMILES string of the molecule is COc1ccc(CNC(=O)[C@@H](C)Sc2nc(-c3ccccc3)cc(C(F)(F)F)n2)cc1. The molecule has 3 rings (SSSR count). The first-order valence-corrected chi connectivity index (χ1v) is 10.2. The molecule has 162 valence electrons. The highest BCUT2D eigenvalue weighted by Gasteiger charge is 2.34. The summed E-state index contributed by atoms with van der Waals surface area (Å²) in [6, 6.07) is 16.6. The minimum atomic E-state index is -4.62. The van der Waals surface area contributed by atoms with E-state index in [9.17, 15) is 18.0 Å². The number of amides is 1. The Morgan fingerprint density at radius 2 is 1.77 bits per heavy atom. The van der Waals surface area contributed by atoms with Crippen molar-refractivity contribution in [3.63, 3.8) is 0 Å². The number of halogens is 3. The maximum atomic E-state index is 13.3. The van der Waals surface area contributed by atoms with Crippen LogP contribution in [-0.2, 0) is 17.5 Å². The second kappa shape index (κ2) is 9.82. The van der Waals surface area contributed by atoms with Crippen molar-refractivity contribution < 1.29 is 22.7 Å². The number of alkyl halides is 3. The summed E-state index contributed by atoms with van der Waals surface area (Å²) in [7, 11) is 1.56. The van der Waals surface area contributed by atoms with Crippen LogP contribution in [0, 0.1) is 0 Å². The van der Waals surface area contributed by atoms with Crippen LogP contribution in [0.5, 0.6) is 5.75 Å². The molecule has 5 nitrogen and oxygen atoms in total. The number of nitrogens with one attached hydrogen (secondary N) is 1. The summed E-state index contributed by atoms with van der Waals surface area (Å²) in [5.74, 6) is 0.373. The molecule has 31 heavy (non-hydrogen) atoms. The quantitative estimate of drug-likeness (QED) is 0.409. The number of rotatable bonds is 7. The highest BCUT2D eigenvalue weighted by molar-refractivity contribution is 8.00. The van der Waals surface area contributed by atoms with Crippen LogP contribution in [0.3, 0.4) is 0 Å². The van der Waals surface area contributed by atoms with Crippen molar-refractivity contribution >= 4 is 17.7 Å². The topological polar surface area (TPSA) is 64.1 Å². The van der Waals surface area contributed by atoms with Crippen LogP contribution in [0.25, 0.3) is 11.3 Å². The largest absolute Gasteiger partial charge is 0.497 e. The average molecular weight is 447 g/mol. The van der Waals surface area contributed by atoms with Gasteiger partial charge in [0, 0.05) is 12.1 Å². The summed E-state index contributed by atoms with van der Waals surface area (Å²) >= 11 is 0.878. The maximum Gasteiger partial charge on any atom is 0.433 e. The normalized spacial score (nSPS) is 12.3. The lowest BCUT2D eigenvalue weighted by molar-refractivity contribution is -0.141. The molecule has 0 saturated carbocycles. The molecule has 9 heteroatoms. The Morgan fingerprint density at radius 3 is 2.39 bits per heavy atom. The molecule has 0 spiro atoms. The van der Waals surface area contributed by atoms with Crippen molar-refractivity contribution in [2.75, 3.05) is 7.11 Å². The van der Waals surface area contributed by atoms with E-state index < -0.39 is 17.1 Å². The van der Waals surface area contributed by atoms with Gasteiger partial charge in [0.15, 0.2) is 5.16 Å². The molecule has 0 aliphatic heterocycles. The third-order valence-corrected chi connectivity index (χ3v) is 5.30. The highest BCUT2D eigenvalue weighted by atomic mass is 32.2. The van der Waals surface area contributed by atoms with Gasteiger partial charge in [-0.1, -0.05) is 54.2 Å². The molecular weight excluding hydrogens is 427 g/mol. The van der Waals surface area contributed by atoms with Crippen LogP contribution in [0.4, 0.5) is 13.2 Å². The summed E-state index contributed by atoms with van der Waals surface area (Å²) < 4.78 is 45.1. The van der Waals surface area contributed by atoms with E-state index in [0.717, 1.165) is 23.4 Å². The van der Waals surface area contributed by atoms with Crippen LogP contribution in [0.1, 0.15) is 18.2 Å². The minimum Gasteiger partial charge on any atom is -0.497 e. The molecule has 0 bridgehead atoms. The molecule has 1 atom stereocenters. The van der Waals surface area contributed by atoms with E-state index in [2.05, 4.69) is 15.3 Å². The van der Waals surface area contributed by atoms with Gasteiger partial charge in [0.25, 0.3) is 0 Å². The zero-order valence-electron chi connectivity index (χ0n) is 16.8. The Bertz CT molecular complexity index is 1030. The van der Waals surface area contributed by atoms with E-state index in [1.807, 2.05) is 12.1 Å². The number of thioether (sulfide) groups is 1. The van der Waals surface area contributed by atoms with Gasteiger partial charge in [0.05, 0.1) is 18.1 Å². The Labute approximate surface area is 182 Å². The van der Waals surface area contributed by atoms with E-state index in [0.29, 0.717) is 11.3 Å². The third-order valence-electron chi connectivity index (χ3n) is 4.34. The van der Waals surface area contributed by atoms with E-state index in [1.54, 1.807) is 56.5 Å². The summed E-state index contributed by atoms with van der Waals surface area (Å²) in [6.07, 6.45) is -4.62. The first-order chi connectivity index (χ1) is 14.8. The van der Waals surface area contributed by atoms with Crippen LogP contribution in [-0.4, -0.2) is 28.2 Å². The van der Waals surface area contributed by atoms with Gasteiger partial charge in [0.2, 0.25) is 5.91 Å². The number of hydrogen-bond acceptors (Lipinski definition) is 5. The molecule has 3 aromatic rings. The molecule has 0 aliphatic rings. The fourth-order valence-corrected chi connectivity index (χ4v) is 3.48. The lowest BCUT2D eigenvalue weighted by atomic mass is 10.1. The fraction of sp³-hybridized carbons (Fsp3) is 0.227. The summed E-state index contributed by atoms with van der Waals surface area (Å²) in [5, 5.41) is 1.97. The number of methoxy groups -OCH3 is 1. The van der Waals surface area contributed by atoms with Gasteiger partial charge in [-0.2, -0.15) is 13.2 Å². The smallest absolute Gasteiger partial charge is 0.433 e. The van der Waals surface area contributed by atoms with Crippen LogP contribution in [0.15, 0.2) is 65.8 Å². The number of ether oxygens (including phenoxy) is 1. The van der Waals surface area contributed by atoms with Crippen molar-refractivity contribution in [2.24, 2.45) is 0 Å². The molecule has 1 N–H and O–H groups in total. The number of nitrogens with zero attached hydrogens (tertiary/aromatic N) is 2. The second-order valence-corrected chi connectivity index (χ2v) is 7.92. The molecule has 1 aromatic heterocycles. The average Bonchev–Trinajstić information content (AvgIpc) is 2.77. The Kier molecular flexibility index (Phi) is 7.17. The zero-order valence-corrected chi connectivity index (χ0v) is 17.6. The third kappa shape index (κ3) is 6.21. The van der Waals surface area contributed by atoms with Gasteiger partial charge >= 0.3 is 6.18 Å². The minimum absolute atomic E-state index is 0.110. The van der Waals surface area contributed by atoms with Crippen molar-refractivity contribution in [2.45, 2.75) is 30.1 Å². The van der Waals surface area contributed by atoms with E-state index in [1.165, 1.54) is 0 Å². The molecule has 0 saturated heterocycles. The summed E-state index contributed by atoms with van der Waals surface area (Å²) in [5.41, 5.74) is 0.507. The number of carbonyl (C=O) groups is 1. The predicted molar refractivity (Wildman–Crippen MR) is 113 cm³/mol.